The Labute approximate surface area is 102 Å². The second-order valence-corrected chi connectivity index (χ2v) is 4.13. The summed E-state index contributed by atoms with van der Waals surface area (Å²) in [7, 11) is 0. The summed E-state index contributed by atoms with van der Waals surface area (Å²) in [5.74, 6) is 1.50. The van der Waals surface area contributed by atoms with Crippen molar-refractivity contribution >= 4 is 5.97 Å². The summed E-state index contributed by atoms with van der Waals surface area (Å²) >= 11 is 0. The van der Waals surface area contributed by atoms with Crippen molar-refractivity contribution in [3.63, 3.8) is 0 Å². The molecule has 0 fully saturated rings. The minimum Gasteiger partial charge on any atom is -0.465 e. The molecule has 1 heterocycles. The van der Waals surface area contributed by atoms with Crippen LogP contribution in [0.25, 0.3) is 0 Å². The molecule has 1 unspecified atom stereocenters. The van der Waals surface area contributed by atoms with Gasteiger partial charge in [0.25, 0.3) is 0 Å². The summed E-state index contributed by atoms with van der Waals surface area (Å²) in [6.45, 7) is 6.64. The predicted octanol–water partition coefficient (Wildman–Crippen LogP) is 2.58. The number of ether oxygens (including phenoxy) is 1. The van der Waals surface area contributed by atoms with Gasteiger partial charge in [0.2, 0.25) is 0 Å². The van der Waals surface area contributed by atoms with E-state index in [-0.39, 0.29) is 18.6 Å². The van der Waals surface area contributed by atoms with Crippen LogP contribution in [0.2, 0.25) is 0 Å². The first-order chi connectivity index (χ1) is 8.13. The van der Waals surface area contributed by atoms with Crippen LogP contribution >= 0.6 is 0 Å². The summed E-state index contributed by atoms with van der Waals surface area (Å²) in [6, 6.07) is 3.84. The number of esters is 1. The highest BCUT2D eigenvalue weighted by molar-refractivity contribution is 5.71. The molecule has 0 saturated heterocycles. The van der Waals surface area contributed by atoms with Gasteiger partial charge >= 0.3 is 5.97 Å². The molecule has 96 valence electrons. The first kappa shape index (κ1) is 13.8. The van der Waals surface area contributed by atoms with E-state index in [1.807, 2.05) is 26.0 Å². The molecule has 4 heteroatoms. The van der Waals surface area contributed by atoms with Gasteiger partial charge in [-0.05, 0) is 32.4 Å². The number of furan rings is 1. The third-order valence-electron chi connectivity index (χ3n) is 2.50. The van der Waals surface area contributed by atoms with Gasteiger partial charge in [-0.1, -0.05) is 13.3 Å². The lowest BCUT2D eigenvalue weighted by molar-refractivity contribution is -0.142. The van der Waals surface area contributed by atoms with Gasteiger partial charge in [0.05, 0.1) is 19.2 Å². The number of carbonyl (C=O) groups excluding carboxylic acids is 1. The molecule has 1 rings (SSSR count). The molecule has 4 nitrogen and oxygen atoms in total. The fraction of sp³-hybridized carbons (Fsp3) is 0.615. The predicted molar refractivity (Wildman–Crippen MR) is 65.7 cm³/mol. The first-order valence-electron chi connectivity index (χ1n) is 6.08. The molecule has 1 aromatic heterocycles. The SMILES string of the molecule is CCCCOC(=O)CNC(C)c1ccc(C)o1. The quantitative estimate of drug-likeness (QED) is 0.587. The maximum absolute atomic E-state index is 11.3. The number of aryl methyl sites for hydroxylation is 1. The Morgan fingerprint density at radius 3 is 2.88 bits per heavy atom. The van der Waals surface area contributed by atoms with Gasteiger partial charge < -0.3 is 9.15 Å². The van der Waals surface area contributed by atoms with Gasteiger partial charge in [0, 0.05) is 0 Å². The fourth-order valence-electron chi connectivity index (χ4n) is 1.40. The summed E-state index contributed by atoms with van der Waals surface area (Å²) in [6.07, 6.45) is 1.95. The van der Waals surface area contributed by atoms with Crippen LogP contribution < -0.4 is 5.32 Å². The van der Waals surface area contributed by atoms with Crippen LogP contribution in [-0.4, -0.2) is 19.1 Å². The Kier molecular flexibility index (Phi) is 5.77. The maximum Gasteiger partial charge on any atom is 0.319 e. The average Bonchev–Trinajstić information content (AvgIpc) is 2.73. The minimum atomic E-state index is -0.214. The second kappa shape index (κ2) is 7.12. The third kappa shape index (κ3) is 5.04. The van der Waals surface area contributed by atoms with Crippen LogP contribution in [0.5, 0.6) is 0 Å². The van der Waals surface area contributed by atoms with Crippen molar-refractivity contribution in [1.82, 2.24) is 5.32 Å². The molecule has 0 aliphatic heterocycles. The van der Waals surface area contributed by atoms with Crippen molar-refractivity contribution in [2.75, 3.05) is 13.2 Å². The Morgan fingerprint density at radius 1 is 1.53 bits per heavy atom. The molecular weight excluding hydrogens is 218 g/mol. The summed E-state index contributed by atoms with van der Waals surface area (Å²) < 4.78 is 10.5. The molecule has 1 N–H and O–H groups in total. The number of rotatable bonds is 7. The van der Waals surface area contributed by atoms with E-state index in [1.54, 1.807) is 0 Å². The molecule has 0 bridgehead atoms. The zero-order chi connectivity index (χ0) is 12.7. The van der Waals surface area contributed by atoms with E-state index in [9.17, 15) is 4.79 Å². The van der Waals surface area contributed by atoms with Crippen LogP contribution in [-0.2, 0) is 9.53 Å². The molecule has 0 saturated carbocycles. The molecule has 0 aromatic carbocycles. The lowest BCUT2D eigenvalue weighted by Crippen LogP contribution is -2.27. The number of carbonyl (C=O) groups is 1. The Morgan fingerprint density at radius 2 is 2.29 bits per heavy atom. The third-order valence-corrected chi connectivity index (χ3v) is 2.50. The first-order valence-corrected chi connectivity index (χ1v) is 6.08. The van der Waals surface area contributed by atoms with Crippen molar-refractivity contribution in [2.24, 2.45) is 0 Å². The van der Waals surface area contributed by atoms with Crippen LogP contribution in [0.1, 0.15) is 44.3 Å². The Hall–Kier alpha value is -1.29. The monoisotopic (exact) mass is 239 g/mol. The highest BCUT2D eigenvalue weighted by Crippen LogP contribution is 2.14. The van der Waals surface area contributed by atoms with E-state index >= 15 is 0 Å². The number of unbranched alkanes of at least 4 members (excludes halogenated alkanes) is 1. The normalized spacial score (nSPS) is 12.4. The second-order valence-electron chi connectivity index (χ2n) is 4.13. The van der Waals surface area contributed by atoms with Crippen LogP contribution in [0.15, 0.2) is 16.5 Å². The molecule has 0 spiro atoms. The maximum atomic E-state index is 11.3. The van der Waals surface area contributed by atoms with Crippen molar-refractivity contribution in [3.8, 4) is 0 Å². The van der Waals surface area contributed by atoms with Gasteiger partial charge in [-0.15, -0.1) is 0 Å². The van der Waals surface area contributed by atoms with E-state index in [2.05, 4.69) is 12.2 Å². The molecule has 17 heavy (non-hydrogen) atoms. The molecule has 0 aliphatic carbocycles. The van der Waals surface area contributed by atoms with Gasteiger partial charge in [-0.25, -0.2) is 0 Å². The largest absolute Gasteiger partial charge is 0.465 e. The highest BCUT2D eigenvalue weighted by atomic mass is 16.5. The highest BCUT2D eigenvalue weighted by Gasteiger charge is 2.11. The minimum absolute atomic E-state index is 0.0161. The van der Waals surface area contributed by atoms with E-state index in [0.29, 0.717) is 6.61 Å². The number of hydrogen-bond donors (Lipinski definition) is 1. The van der Waals surface area contributed by atoms with E-state index in [1.165, 1.54) is 0 Å². The smallest absolute Gasteiger partial charge is 0.319 e. The van der Waals surface area contributed by atoms with Crippen molar-refractivity contribution < 1.29 is 13.9 Å². The Bertz CT molecular complexity index is 346. The zero-order valence-electron chi connectivity index (χ0n) is 10.8. The molecule has 1 atom stereocenters. The lowest BCUT2D eigenvalue weighted by Gasteiger charge is -2.10. The fourth-order valence-corrected chi connectivity index (χ4v) is 1.40. The van der Waals surface area contributed by atoms with Crippen LogP contribution in [0, 0.1) is 6.92 Å². The molecular formula is C13H21NO3. The van der Waals surface area contributed by atoms with Gasteiger partial charge in [-0.2, -0.15) is 0 Å². The standard InChI is InChI=1S/C13H21NO3/c1-4-5-8-16-13(15)9-14-11(3)12-7-6-10(2)17-12/h6-7,11,14H,4-5,8-9H2,1-3H3. The lowest BCUT2D eigenvalue weighted by atomic mass is 10.2. The van der Waals surface area contributed by atoms with E-state index in [0.717, 1.165) is 24.4 Å². The molecule has 0 aliphatic rings. The van der Waals surface area contributed by atoms with Crippen molar-refractivity contribution in [3.05, 3.63) is 23.7 Å². The summed E-state index contributed by atoms with van der Waals surface area (Å²) in [5.41, 5.74) is 0. The summed E-state index contributed by atoms with van der Waals surface area (Å²) in [4.78, 5) is 11.3. The molecule has 1 aromatic rings. The van der Waals surface area contributed by atoms with Crippen molar-refractivity contribution in [2.45, 2.75) is 39.7 Å². The van der Waals surface area contributed by atoms with E-state index in [4.69, 9.17) is 9.15 Å². The zero-order valence-corrected chi connectivity index (χ0v) is 10.8. The van der Waals surface area contributed by atoms with Crippen molar-refractivity contribution in [1.29, 1.82) is 0 Å². The number of hydrogen-bond acceptors (Lipinski definition) is 4. The van der Waals surface area contributed by atoms with Gasteiger partial charge in [0.15, 0.2) is 0 Å². The van der Waals surface area contributed by atoms with Gasteiger partial charge in [-0.3, -0.25) is 10.1 Å². The van der Waals surface area contributed by atoms with E-state index < -0.39 is 0 Å². The molecule has 0 amide bonds. The van der Waals surface area contributed by atoms with Gasteiger partial charge in [0.1, 0.15) is 11.5 Å². The average molecular weight is 239 g/mol. The number of nitrogens with one attached hydrogen (secondary N) is 1. The summed E-state index contributed by atoms with van der Waals surface area (Å²) in [5, 5.41) is 3.07. The van der Waals surface area contributed by atoms with Crippen LogP contribution in [0.3, 0.4) is 0 Å². The Balaban J connectivity index is 2.23. The topological polar surface area (TPSA) is 51.5 Å². The van der Waals surface area contributed by atoms with Crippen LogP contribution in [0.4, 0.5) is 0 Å². The molecule has 0 radical (unpaired) electrons.